The number of benzene rings is 2. The Morgan fingerprint density at radius 3 is 2.54 bits per heavy atom. The number of anilines is 1. The highest BCUT2D eigenvalue weighted by Gasteiger charge is 2.32. The van der Waals surface area contributed by atoms with Crippen LogP contribution in [-0.2, 0) is 13.0 Å². The van der Waals surface area contributed by atoms with Crippen LogP contribution in [0.25, 0.3) is 0 Å². The lowest BCUT2D eigenvalue weighted by Gasteiger charge is -2.39. The SMILES string of the molecule is CN1CC(Cc2ccc(Cl)cc2)N(C2CCNCC2)Cc2ccccc21. The smallest absolute Gasteiger partial charge is 0.0409 e. The van der Waals surface area contributed by atoms with Crippen LogP contribution in [0.4, 0.5) is 5.69 Å². The van der Waals surface area contributed by atoms with Gasteiger partial charge < -0.3 is 10.2 Å². The second kappa shape index (κ2) is 7.99. The molecule has 0 aromatic heterocycles. The van der Waals surface area contributed by atoms with Crippen LogP contribution in [0, 0.1) is 0 Å². The normalized spacial score (nSPS) is 22.1. The van der Waals surface area contributed by atoms with Crippen molar-refractivity contribution in [3.05, 3.63) is 64.7 Å². The number of nitrogens with one attached hydrogen (secondary N) is 1. The molecule has 4 rings (SSSR count). The summed E-state index contributed by atoms with van der Waals surface area (Å²) in [5.74, 6) is 0. The van der Waals surface area contributed by atoms with E-state index < -0.39 is 0 Å². The Labute approximate surface area is 161 Å². The fourth-order valence-electron chi connectivity index (χ4n) is 4.50. The van der Waals surface area contributed by atoms with Crippen molar-refractivity contribution in [2.75, 3.05) is 31.6 Å². The Hall–Kier alpha value is -1.55. The highest BCUT2D eigenvalue weighted by atomic mass is 35.5. The van der Waals surface area contributed by atoms with E-state index in [0.717, 1.165) is 37.6 Å². The van der Waals surface area contributed by atoms with Crippen molar-refractivity contribution in [2.24, 2.45) is 0 Å². The monoisotopic (exact) mass is 369 g/mol. The first-order chi connectivity index (χ1) is 12.7. The molecule has 4 heteroatoms. The van der Waals surface area contributed by atoms with Crippen molar-refractivity contribution >= 4 is 17.3 Å². The molecule has 0 spiro atoms. The van der Waals surface area contributed by atoms with E-state index in [-0.39, 0.29) is 0 Å². The maximum absolute atomic E-state index is 6.09. The topological polar surface area (TPSA) is 18.5 Å². The summed E-state index contributed by atoms with van der Waals surface area (Å²) < 4.78 is 0. The van der Waals surface area contributed by atoms with E-state index in [9.17, 15) is 0 Å². The first-order valence-electron chi connectivity index (χ1n) is 9.70. The Balaban J connectivity index is 1.63. The minimum Gasteiger partial charge on any atom is -0.373 e. The molecule has 2 aliphatic heterocycles. The Bertz CT molecular complexity index is 724. The molecule has 0 bridgehead atoms. The van der Waals surface area contributed by atoms with E-state index in [1.54, 1.807) is 0 Å². The fourth-order valence-corrected chi connectivity index (χ4v) is 4.63. The van der Waals surface area contributed by atoms with Crippen LogP contribution in [0.3, 0.4) is 0 Å². The lowest BCUT2D eigenvalue weighted by molar-refractivity contribution is 0.106. The zero-order valence-electron chi connectivity index (χ0n) is 15.5. The third-order valence-corrected chi connectivity index (χ3v) is 6.12. The van der Waals surface area contributed by atoms with Gasteiger partial charge in [-0.3, -0.25) is 4.90 Å². The summed E-state index contributed by atoms with van der Waals surface area (Å²) in [5.41, 5.74) is 4.20. The largest absolute Gasteiger partial charge is 0.373 e. The molecular weight excluding hydrogens is 342 g/mol. The molecular formula is C22H28ClN3. The number of hydrogen-bond acceptors (Lipinski definition) is 3. The van der Waals surface area contributed by atoms with E-state index in [1.165, 1.54) is 29.7 Å². The number of para-hydroxylation sites is 1. The maximum atomic E-state index is 6.09. The molecule has 2 heterocycles. The van der Waals surface area contributed by atoms with Crippen LogP contribution in [-0.4, -0.2) is 43.7 Å². The van der Waals surface area contributed by atoms with Crippen LogP contribution in [0.1, 0.15) is 24.0 Å². The van der Waals surface area contributed by atoms with E-state index in [4.69, 9.17) is 11.6 Å². The number of fused-ring (bicyclic) bond motifs is 1. The minimum absolute atomic E-state index is 0.511. The number of nitrogens with zero attached hydrogens (tertiary/aromatic N) is 2. The summed E-state index contributed by atoms with van der Waals surface area (Å²) >= 11 is 6.09. The molecule has 2 aromatic carbocycles. The molecule has 0 saturated carbocycles. The fraction of sp³-hybridized carbons (Fsp3) is 0.455. The molecule has 0 aliphatic carbocycles. The molecule has 1 saturated heterocycles. The van der Waals surface area contributed by atoms with Gasteiger partial charge in [-0.1, -0.05) is 41.9 Å². The predicted octanol–water partition coefficient (Wildman–Crippen LogP) is 3.96. The molecule has 1 unspecified atom stereocenters. The molecule has 0 radical (unpaired) electrons. The van der Waals surface area contributed by atoms with Crippen molar-refractivity contribution in [2.45, 2.75) is 37.9 Å². The van der Waals surface area contributed by atoms with Crippen molar-refractivity contribution in [3.8, 4) is 0 Å². The van der Waals surface area contributed by atoms with Crippen molar-refractivity contribution in [1.82, 2.24) is 10.2 Å². The summed E-state index contributed by atoms with van der Waals surface area (Å²) in [4.78, 5) is 5.22. The van der Waals surface area contributed by atoms with Crippen LogP contribution >= 0.6 is 11.6 Å². The van der Waals surface area contributed by atoms with Crippen molar-refractivity contribution in [3.63, 3.8) is 0 Å². The molecule has 26 heavy (non-hydrogen) atoms. The lowest BCUT2D eigenvalue weighted by atomic mass is 9.98. The minimum atomic E-state index is 0.511. The average Bonchev–Trinajstić information content (AvgIpc) is 2.81. The first-order valence-corrected chi connectivity index (χ1v) is 10.1. The van der Waals surface area contributed by atoms with Crippen LogP contribution in [0.5, 0.6) is 0 Å². The van der Waals surface area contributed by atoms with Gasteiger partial charge in [-0.05, 0) is 61.7 Å². The van der Waals surface area contributed by atoms with Gasteiger partial charge in [0.05, 0.1) is 0 Å². The van der Waals surface area contributed by atoms with Crippen LogP contribution in [0.2, 0.25) is 5.02 Å². The van der Waals surface area contributed by atoms with Gasteiger partial charge >= 0.3 is 0 Å². The van der Waals surface area contributed by atoms with Gasteiger partial charge in [0.2, 0.25) is 0 Å². The number of halogens is 1. The Kier molecular flexibility index (Phi) is 5.49. The lowest BCUT2D eigenvalue weighted by Crippen LogP contribution is -2.50. The molecule has 0 amide bonds. The standard InChI is InChI=1S/C22H28ClN3/c1-25-16-21(14-17-6-8-19(23)9-7-17)26(20-10-12-24-13-11-20)15-18-4-2-3-5-22(18)25/h2-9,20-21,24H,10-16H2,1H3. The first kappa shape index (κ1) is 17.8. The summed E-state index contributed by atoms with van der Waals surface area (Å²) in [6.45, 7) is 4.37. The van der Waals surface area contributed by atoms with E-state index in [1.807, 2.05) is 12.1 Å². The van der Waals surface area contributed by atoms with E-state index in [2.05, 4.69) is 58.6 Å². The number of hydrogen-bond donors (Lipinski definition) is 1. The third-order valence-electron chi connectivity index (χ3n) is 5.87. The average molecular weight is 370 g/mol. The highest BCUT2D eigenvalue weighted by molar-refractivity contribution is 6.30. The maximum Gasteiger partial charge on any atom is 0.0409 e. The zero-order valence-corrected chi connectivity index (χ0v) is 16.3. The Morgan fingerprint density at radius 1 is 1.04 bits per heavy atom. The van der Waals surface area contributed by atoms with E-state index in [0.29, 0.717) is 12.1 Å². The second-order valence-electron chi connectivity index (χ2n) is 7.65. The Morgan fingerprint density at radius 2 is 1.77 bits per heavy atom. The zero-order chi connectivity index (χ0) is 17.9. The molecule has 3 nitrogen and oxygen atoms in total. The number of piperidine rings is 1. The second-order valence-corrected chi connectivity index (χ2v) is 8.08. The van der Waals surface area contributed by atoms with Crippen LogP contribution < -0.4 is 10.2 Å². The predicted molar refractivity (Wildman–Crippen MR) is 110 cm³/mol. The quantitative estimate of drug-likeness (QED) is 0.883. The van der Waals surface area contributed by atoms with Gasteiger partial charge in [0.1, 0.15) is 0 Å². The molecule has 1 atom stereocenters. The van der Waals surface area contributed by atoms with Gasteiger partial charge in [0, 0.05) is 42.9 Å². The molecule has 1 fully saturated rings. The summed E-state index contributed by atoms with van der Waals surface area (Å²) in [5, 5.41) is 4.33. The number of rotatable bonds is 3. The van der Waals surface area contributed by atoms with Gasteiger partial charge in [0.15, 0.2) is 0 Å². The van der Waals surface area contributed by atoms with Crippen molar-refractivity contribution in [1.29, 1.82) is 0 Å². The van der Waals surface area contributed by atoms with Gasteiger partial charge in [0.25, 0.3) is 0 Å². The molecule has 2 aromatic rings. The summed E-state index contributed by atoms with van der Waals surface area (Å²) in [6, 6.07) is 18.5. The number of likely N-dealkylation sites (N-methyl/N-ethyl adjacent to an activating group) is 1. The van der Waals surface area contributed by atoms with Gasteiger partial charge in [-0.15, -0.1) is 0 Å². The highest BCUT2D eigenvalue weighted by Crippen LogP contribution is 2.30. The van der Waals surface area contributed by atoms with Crippen molar-refractivity contribution < 1.29 is 0 Å². The molecule has 138 valence electrons. The van der Waals surface area contributed by atoms with Gasteiger partial charge in [-0.25, -0.2) is 0 Å². The summed E-state index contributed by atoms with van der Waals surface area (Å²) in [7, 11) is 2.24. The summed E-state index contributed by atoms with van der Waals surface area (Å²) in [6.07, 6.45) is 3.55. The molecule has 2 aliphatic rings. The van der Waals surface area contributed by atoms with E-state index >= 15 is 0 Å². The van der Waals surface area contributed by atoms with Crippen LogP contribution in [0.15, 0.2) is 48.5 Å². The van der Waals surface area contributed by atoms with Gasteiger partial charge in [-0.2, -0.15) is 0 Å². The third kappa shape index (κ3) is 3.90. The molecule has 1 N–H and O–H groups in total.